The van der Waals surface area contributed by atoms with E-state index in [4.69, 9.17) is 11.6 Å². The molecule has 0 N–H and O–H groups in total. The van der Waals surface area contributed by atoms with Crippen molar-refractivity contribution in [1.29, 1.82) is 0 Å². The molecule has 3 aromatic carbocycles. The maximum atomic E-state index is 13.0. The highest BCUT2D eigenvalue weighted by molar-refractivity contribution is 6.35. The summed E-state index contributed by atoms with van der Waals surface area (Å²) in [6, 6.07) is 18.1. The number of hydrogen-bond donors (Lipinski definition) is 0. The summed E-state index contributed by atoms with van der Waals surface area (Å²) in [4.78, 5) is 12.8. The lowest BCUT2D eigenvalue weighted by Gasteiger charge is -2.12. The third-order valence-corrected chi connectivity index (χ3v) is 4.12. The lowest BCUT2D eigenvalue weighted by Crippen LogP contribution is -2.06. The summed E-state index contributed by atoms with van der Waals surface area (Å²) < 4.78 is 38.9. The average Bonchev–Trinajstić information content (AvgIpc) is 2.61. The van der Waals surface area contributed by atoms with Crippen LogP contribution in [0.1, 0.15) is 21.5 Å². The lowest BCUT2D eigenvalue weighted by molar-refractivity contribution is -0.137. The molecule has 0 fully saturated rings. The zero-order valence-corrected chi connectivity index (χ0v) is 13.6. The van der Waals surface area contributed by atoms with E-state index < -0.39 is 11.7 Å². The number of alkyl halides is 3. The van der Waals surface area contributed by atoms with Gasteiger partial charge < -0.3 is 0 Å². The van der Waals surface area contributed by atoms with Crippen LogP contribution in [0.15, 0.2) is 72.8 Å². The van der Waals surface area contributed by atoms with Crippen molar-refractivity contribution >= 4 is 17.4 Å². The summed E-state index contributed by atoms with van der Waals surface area (Å²) >= 11 is 6.08. The number of hydrogen-bond acceptors (Lipinski definition) is 1. The lowest BCUT2D eigenvalue weighted by atomic mass is 9.93. The van der Waals surface area contributed by atoms with Gasteiger partial charge in [0, 0.05) is 11.1 Å². The van der Waals surface area contributed by atoms with Crippen molar-refractivity contribution in [2.45, 2.75) is 6.18 Å². The summed E-state index contributed by atoms with van der Waals surface area (Å²) in [5, 5.41) is 0.298. The van der Waals surface area contributed by atoms with E-state index in [1.807, 2.05) is 0 Å². The van der Waals surface area contributed by atoms with Crippen molar-refractivity contribution < 1.29 is 18.0 Å². The smallest absolute Gasteiger partial charge is 0.289 e. The summed E-state index contributed by atoms with van der Waals surface area (Å²) in [5.41, 5.74) is 0.605. The molecule has 0 spiro atoms. The van der Waals surface area contributed by atoms with Gasteiger partial charge in [0.25, 0.3) is 0 Å². The SMILES string of the molecule is O=C(c1ccccc1Cl)c1ccccc1-c1cccc(C(F)(F)F)c1. The fraction of sp³-hybridized carbons (Fsp3) is 0.0500. The topological polar surface area (TPSA) is 17.1 Å². The molecule has 0 aliphatic heterocycles. The first-order chi connectivity index (χ1) is 11.9. The summed E-state index contributed by atoms with van der Waals surface area (Å²) in [6.07, 6.45) is -4.45. The Morgan fingerprint density at radius 1 is 0.800 bits per heavy atom. The van der Waals surface area contributed by atoms with Crippen LogP contribution in [0, 0.1) is 0 Å². The second-order valence-corrected chi connectivity index (χ2v) is 5.84. The van der Waals surface area contributed by atoms with E-state index in [1.54, 1.807) is 54.6 Å². The van der Waals surface area contributed by atoms with Crippen LogP contribution in [-0.4, -0.2) is 5.78 Å². The molecule has 1 nitrogen and oxygen atoms in total. The third-order valence-electron chi connectivity index (χ3n) is 3.79. The Labute approximate surface area is 147 Å². The van der Waals surface area contributed by atoms with Gasteiger partial charge in [0.2, 0.25) is 0 Å². The van der Waals surface area contributed by atoms with Crippen LogP contribution in [0.5, 0.6) is 0 Å². The van der Waals surface area contributed by atoms with Crippen LogP contribution < -0.4 is 0 Å². The molecule has 0 aliphatic rings. The predicted octanol–water partition coefficient (Wildman–Crippen LogP) is 6.26. The molecule has 0 aromatic heterocycles. The van der Waals surface area contributed by atoms with E-state index in [0.29, 0.717) is 27.3 Å². The zero-order chi connectivity index (χ0) is 18.0. The molecule has 5 heteroatoms. The first-order valence-electron chi connectivity index (χ1n) is 7.44. The fourth-order valence-corrected chi connectivity index (χ4v) is 2.81. The van der Waals surface area contributed by atoms with Crippen molar-refractivity contribution in [2.75, 3.05) is 0 Å². The van der Waals surface area contributed by atoms with Gasteiger partial charge in [0.15, 0.2) is 5.78 Å². The molecule has 0 saturated heterocycles. The van der Waals surface area contributed by atoms with E-state index in [2.05, 4.69) is 0 Å². The molecule has 0 aliphatic carbocycles. The number of rotatable bonds is 3. The molecular formula is C20H12ClF3O. The molecule has 0 radical (unpaired) electrons. The highest BCUT2D eigenvalue weighted by Crippen LogP contribution is 2.34. The molecule has 3 rings (SSSR count). The van der Waals surface area contributed by atoms with Gasteiger partial charge in [0.05, 0.1) is 10.6 Å². The molecule has 0 atom stereocenters. The number of carbonyl (C=O) groups is 1. The van der Waals surface area contributed by atoms with Gasteiger partial charge in [-0.3, -0.25) is 4.79 Å². The van der Waals surface area contributed by atoms with Crippen molar-refractivity contribution in [2.24, 2.45) is 0 Å². The van der Waals surface area contributed by atoms with Gasteiger partial charge in [0.1, 0.15) is 0 Å². The minimum absolute atomic E-state index is 0.298. The Hall–Kier alpha value is -2.59. The van der Waals surface area contributed by atoms with Crippen LogP contribution in [0.4, 0.5) is 13.2 Å². The number of halogens is 4. The van der Waals surface area contributed by atoms with Gasteiger partial charge in [-0.15, -0.1) is 0 Å². The summed E-state index contributed by atoms with van der Waals surface area (Å²) in [5.74, 6) is -0.335. The Morgan fingerprint density at radius 2 is 1.44 bits per heavy atom. The molecule has 25 heavy (non-hydrogen) atoms. The number of carbonyl (C=O) groups excluding carboxylic acids is 1. The van der Waals surface area contributed by atoms with Gasteiger partial charge in [-0.25, -0.2) is 0 Å². The van der Waals surface area contributed by atoms with Gasteiger partial charge in [-0.2, -0.15) is 13.2 Å². The molecule has 126 valence electrons. The van der Waals surface area contributed by atoms with Crippen LogP contribution in [0.2, 0.25) is 5.02 Å². The normalized spacial score (nSPS) is 11.4. The number of ketones is 1. The summed E-state index contributed by atoms with van der Waals surface area (Å²) in [7, 11) is 0. The average molecular weight is 361 g/mol. The maximum Gasteiger partial charge on any atom is 0.416 e. The van der Waals surface area contributed by atoms with Gasteiger partial charge in [-0.05, 0) is 35.4 Å². The van der Waals surface area contributed by atoms with Gasteiger partial charge in [-0.1, -0.05) is 60.1 Å². The Morgan fingerprint density at radius 3 is 2.12 bits per heavy atom. The number of benzene rings is 3. The predicted molar refractivity (Wildman–Crippen MR) is 91.8 cm³/mol. The van der Waals surface area contributed by atoms with E-state index in [9.17, 15) is 18.0 Å². The molecule has 0 unspecified atom stereocenters. The summed E-state index contributed by atoms with van der Waals surface area (Å²) in [6.45, 7) is 0. The van der Waals surface area contributed by atoms with Crippen LogP contribution in [-0.2, 0) is 6.18 Å². The second-order valence-electron chi connectivity index (χ2n) is 5.43. The monoisotopic (exact) mass is 360 g/mol. The maximum absolute atomic E-state index is 13.0. The Kier molecular flexibility index (Phi) is 4.64. The van der Waals surface area contributed by atoms with Gasteiger partial charge >= 0.3 is 6.18 Å². The molecule has 0 saturated carbocycles. The van der Waals surface area contributed by atoms with Crippen LogP contribution >= 0.6 is 11.6 Å². The largest absolute Gasteiger partial charge is 0.416 e. The van der Waals surface area contributed by atoms with E-state index in [1.165, 1.54) is 6.07 Å². The Bertz CT molecular complexity index is 932. The Balaban J connectivity index is 2.12. The molecular weight excluding hydrogens is 349 g/mol. The molecule has 0 heterocycles. The first kappa shape index (κ1) is 17.2. The highest BCUT2D eigenvalue weighted by atomic mass is 35.5. The molecule has 0 bridgehead atoms. The van der Waals surface area contributed by atoms with E-state index in [0.717, 1.165) is 12.1 Å². The molecule has 3 aromatic rings. The second kappa shape index (κ2) is 6.73. The fourth-order valence-electron chi connectivity index (χ4n) is 2.59. The minimum atomic E-state index is -4.45. The van der Waals surface area contributed by atoms with Crippen molar-refractivity contribution in [1.82, 2.24) is 0 Å². The minimum Gasteiger partial charge on any atom is -0.289 e. The van der Waals surface area contributed by atoms with E-state index >= 15 is 0 Å². The van der Waals surface area contributed by atoms with Crippen molar-refractivity contribution in [3.05, 3.63) is 94.5 Å². The zero-order valence-electron chi connectivity index (χ0n) is 12.8. The van der Waals surface area contributed by atoms with E-state index in [-0.39, 0.29) is 5.78 Å². The van der Waals surface area contributed by atoms with Crippen LogP contribution in [0.3, 0.4) is 0 Å². The first-order valence-corrected chi connectivity index (χ1v) is 7.81. The van der Waals surface area contributed by atoms with Crippen molar-refractivity contribution in [3.8, 4) is 11.1 Å². The van der Waals surface area contributed by atoms with Crippen LogP contribution in [0.25, 0.3) is 11.1 Å². The standard InChI is InChI=1S/C20H12ClF3O/c21-18-11-4-3-10-17(18)19(25)16-9-2-1-8-15(16)13-6-5-7-14(12-13)20(22,23)24/h1-12H. The highest BCUT2D eigenvalue weighted by Gasteiger charge is 2.30. The van der Waals surface area contributed by atoms with Crippen molar-refractivity contribution in [3.63, 3.8) is 0 Å². The molecule has 0 amide bonds. The third kappa shape index (κ3) is 3.59. The quantitative estimate of drug-likeness (QED) is 0.504.